The van der Waals surface area contributed by atoms with E-state index in [-0.39, 0.29) is 23.6 Å². The Morgan fingerprint density at radius 1 is 1.30 bits per heavy atom. The lowest BCUT2D eigenvalue weighted by molar-refractivity contribution is -0.165. The van der Waals surface area contributed by atoms with E-state index >= 15 is 0 Å². The number of nitrogens with zero attached hydrogens (tertiary/aromatic N) is 2. The lowest BCUT2D eigenvalue weighted by Crippen LogP contribution is -2.46. The highest BCUT2D eigenvalue weighted by atomic mass is 16.6. The van der Waals surface area contributed by atoms with Crippen molar-refractivity contribution in [3.63, 3.8) is 0 Å². The SMILES string of the molecule is CC[C@H]1OC(=O)[C@H](C)C[C@H](C)C[C@](C)(OC)CCC(=O)/C(C)=C/[C@]1(C)OC(=O)n1ccnc1. The lowest BCUT2D eigenvalue weighted by atomic mass is 9.83. The minimum absolute atomic E-state index is 0.0672. The zero-order valence-electron chi connectivity index (χ0n) is 20.9. The second-order valence-electron chi connectivity index (χ2n) is 9.71. The van der Waals surface area contributed by atoms with E-state index in [2.05, 4.69) is 11.9 Å². The maximum atomic E-state index is 13.0. The number of hydrogen-bond donors (Lipinski definition) is 0. The van der Waals surface area contributed by atoms with Gasteiger partial charge in [0.1, 0.15) is 12.4 Å². The van der Waals surface area contributed by atoms with Gasteiger partial charge in [-0.15, -0.1) is 0 Å². The molecule has 1 aromatic rings. The molecule has 0 bridgehead atoms. The quantitative estimate of drug-likeness (QED) is 0.600. The molecule has 0 saturated heterocycles. The van der Waals surface area contributed by atoms with E-state index in [4.69, 9.17) is 14.2 Å². The Labute approximate surface area is 196 Å². The highest BCUT2D eigenvalue weighted by Crippen LogP contribution is 2.32. The number of Topliss-reactive ketones (excluding diaryl/α,β-unsaturated/α-hetero) is 1. The van der Waals surface area contributed by atoms with E-state index < -0.39 is 23.4 Å². The van der Waals surface area contributed by atoms with Gasteiger partial charge in [0.15, 0.2) is 11.4 Å². The second kappa shape index (κ2) is 11.1. The summed E-state index contributed by atoms with van der Waals surface area (Å²) in [6, 6.07) is 0. The van der Waals surface area contributed by atoms with Crippen molar-refractivity contribution in [2.75, 3.05) is 7.11 Å². The number of methoxy groups -OCH3 is 1. The first-order chi connectivity index (χ1) is 15.4. The summed E-state index contributed by atoms with van der Waals surface area (Å²) in [7, 11) is 1.65. The average molecular weight is 463 g/mol. The van der Waals surface area contributed by atoms with Crippen molar-refractivity contribution in [2.45, 2.75) is 91.0 Å². The van der Waals surface area contributed by atoms with Gasteiger partial charge in [-0.3, -0.25) is 9.59 Å². The topological polar surface area (TPSA) is 96.7 Å². The molecule has 0 fully saturated rings. The van der Waals surface area contributed by atoms with Gasteiger partial charge in [0.05, 0.1) is 11.5 Å². The fraction of sp³-hybridized carbons (Fsp3) is 0.680. The van der Waals surface area contributed by atoms with Gasteiger partial charge < -0.3 is 14.2 Å². The van der Waals surface area contributed by atoms with Crippen LogP contribution in [0, 0.1) is 11.8 Å². The van der Waals surface area contributed by atoms with Crippen LogP contribution in [-0.4, -0.2) is 51.8 Å². The molecule has 0 spiro atoms. The molecular formula is C25H38N2O6. The average Bonchev–Trinajstić information content (AvgIpc) is 3.29. The van der Waals surface area contributed by atoms with E-state index in [1.54, 1.807) is 27.0 Å². The number of ketones is 1. The molecule has 0 N–H and O–H groups in total. The van der Waals surface area contributed by atoms with Gasteiger partial charge >= 0.3 is 12.1 Å². The summed E-state index contributed by atoms with van der Waals surface area (Å²) < 4.78 is 18.7. The standard InChI is InChI=1S/C25H38N2O6/c1-8-21-25(6,33-23(30)27-12-11-26-16-27)15-19(4)20(28)9-10-24(5,31-7)14-17(2)13-18(3)22(29)32-21/h11-12,15-18,21H,8-10,13-14H2,1-7H3/b19-15+/t17-,18+,21+,24+,25-/m0/s1. The van der Waals surface area contributed by atoms with Crippen LogP contribution in [0.5, 0.6) is 0 Å². The van der Waals surface area contributed by atoms with Gasteiger partial charge in [-0.2, -0.15) is 0 Å². The summed E-state index contributed by atoms with van der Waals surface area (Å²) >= 11 is 0. The predicted molar refractivity (Wildman–Crippen MR) is 124 cm³/mol. The highest BCUT2D eigenvalue weighted by molar-refractivity contribution is 5.95. The Balaban J connectivity index is 2.46. The van der Waals surface area contributed by atoms with Crippen LogP contribution in [0.4, 0.5) is 4.79 Å². The van der Waals surface area contributed by atoms with Crippen LogP contribution < -0.4 is 0 Å². The third-order valence-corrected chi connectivity index (χ3v) is 6.55. The largest absolute Gasteiger partial charge is 0.458 e. The van der Waals surface area contributed by atoms with Gasteiger partial charge in [-0.1, -0.05) is 20.8 Å². The van der Waals surface area contributed by atoms with Crippen LogP contribution in [-0.2, 0) is 23.8 Å². The molecule has 184 valence electrons. The molecule has 0 aliphatic carbocycles. The Kier molecular flexibility index (Phi) is 9.00. The van der Waals surface area contributed by atoms with Gasteiger partial charge in [-0.25, -0.2) is 14.3 Å². The number of rotatable bonds is 3. The van der Waals surface area contributed by atoms with Crippen molar-refractivity contribution in [3.05, 3.63) is 30.4 Å². The van der Waals surface area contributed by atoms with Gasteiger partial charge in [-0.05, 0) is 64.0 Å². The number of carbonyl (C=O) groups excluding carboxylic acids is 3. The molecule has 0 saturated carbocycles. The molecular weight excluding hydrogens is 424 g/mol. The number of esters is 1. The van der Waals surface area contributed by atoms with Crippen molar-refractivity contribution in [1.29, 1.82) is 0 Å². The van der Waals surface area contributed by atoms with Crippen LogP contribution in [0.25, 0.3) is 0 Å². The molecule has 5 atom stereocenters. The lowest BCUT2D eigenvalue weighted by Gasteiger charge is -2.36. The number of allylic oxidation sites excluding steroid dienone is 1. The van der Waals surface area contributed by atoms with Gasteiger partial charge in [0.2, 0.25) is 0 Å². The summed E-state index contributed by atoms with van der Waals surface area (Å²) in [6.45, 7) is 11.1. The van der Waals surface area contributed by atoms with E-state index in [0.717, 1.165) is 6.42 Å². The molecule has 8 heteroatoms. The summed E-state index contributed by atoms with van der Waals surface area (Å²) in [6.07, 6.45) is 7.07. The maximum absolute atomic E-state index is 13.0. The van der Waals surface area contributed by atoms with Crippen LogP contribution >= 0.6 is 0 Å². The van der Waals surface area contributed by atoms with E-state index in [0.29, 0.717) is 31.3 Å². The monoisotopic (exact) mass is 462 g/mol. The number of hydrogen-bond acceptors (Lipinski definition) is 7. The smallest absolute Gasteiger partial charge is 0.420 e. The fourth-order valence-electron chi connectivity index (χ4n) is 4.55. The number of ether oxygens (including phenoxy) is 3. The van der Waals surface area contributed by atoms with Crippen LogP contribution in [0.3, 0.4) is 0 Å². The van der Waals surface area contributed by atoms with E-state index in [1.807, 2.05) is 20.8 Å². The summed E-state index contributed by atoms with van der Waals surface area (Å²) in [5.41, 5.74) is -1.38. The van der Waals surface area contributed by atoms with Gasteiger partial charge in [0.25, 0.3) is 0 Å². The van der Waals surface area contributed by atoms with E-state index in [1.165, 1.54) is 23.3 Å². The number of aromatic nitrogens is 2. The van der Waals surface area contributed by atoms with Crippen molar-refractivity contribution < 1.29 is 28.6 Å². The number of imidazole rings is 1. The van der Waals surface area contributed by atoms with Crippen molar-refractivity contribution in [1.82, 2.24) is 9.55 Å². The second-order valence-corrected chi connectivity index (χ2v) is 9.71. The highest BCUT2D eigenvalue weighted by Gasteiger charge is 2.40. The molecule has 1 aliphatic heterocycles. The van der Waals surface area contributed by atoms with E-state index in [9.17, 15) is 14.4 Å². The predicted octanol–water partition coefficient (Wildman–Crippen LogP) is 4.72. The molecule has 0 amide bonds. The van der Waals surface area contributed by atoms with Gasteiger partial charge in [0, 0.05) is 25.9 Å². The Bertz CT molecular complexity index is 864. The molecule has 8 nitrogen and oxygen atoms in total. The molecule has 0 unspecified atom stereocenters. The van der Waals surface area contributed by atoms with Crippen LogP contribution in [0.15, 0.2) is 30.4 Å². The van der Waals surface area contributed by atoms with Crippen LogP contribution in [0.1, 0.15) is 73.6 Å². The third-order valence-electron chi connectivity index (χ3n) is 6.55. The van der Waals surface area contributed by atoms with Crippen molar-refractivity contribution >= 4 is 17.8 Å². The molecule has 2 heterocycles. The molecule has 0 radical (unpaired) electrons. The molecule has 0 aromatic carbocycles. The van der Waals surface area contributed by atoms with Crippen molar-refractivity contribution in [2.24, 2.45) is 11.8 Å². The Hall–Kier alpha value is -2.48. The third kappa shape index (κ3) is 7.00. The zero-order valence-corrected chi connectivity index (χ0v) is 20.9. The maximum Gasteiger partial charge on any atom is 0.420 e. The minimum atomic E-state index is -1.34. The summed E-state index contributed by atoms with van der Waals surface area (Å²) in [5.74, 6) is -0.564. The Morgan fingerprint density at radius 2 is 2.00 bits per heavy atom. The minimum Gasteiger partial charge on any atom is -0.458 e. The molecule has 1 aromatic heterocycles. The van der Waals surface area contributed by atoms with Crippen LogP contribution in [0.2, 0.25) is 0 Å². The first-order valence-corrected chi connectivity index (χ1v) is 11.6. The number of carbonyl (C=O) groups is 3. The number of cyclic esters (lactones) is 1. The molecule has 1 aliphatic rings. The normalized spacial score (nSPS) is 34.0. The molecule has 33 heavy (non-hydrogen) atoms. The summed E-state index contributed by atoms with van der Waals surface area (Å²) in [4.78, 5) is 42.6. The summed E-state index contributed by atoms with van der Waals surface area (Å²) in [5, 5.41) is 0. The van der Waals surface area contributed by atoms with Crippen molar-refractivity contribution in [3.8, 4) is 0 Å². The fourth-order valence-corrected chi connectivity index (χ4v) is 4.55. The zero-order chi connectivity index (χ0) is 24.8. The first kappa shape index (κ1) is 26.8. The Morgan fingerprint density at radius 3 is 2.58 bits per heavy atom. The molecule has 2 rings (SSSR count). The first-order valence-electron chi connectivity index (χ1n) is 11.6.